The minimum Gasteiger partial charge on any atom is -0.463 e. The minimum absolute atomic E-state index is 0.143. The van der Waals surface area contributed by atoms with Crippen molar-refractivity contribution in [3.05, 3.63) is 39.4 Å². The number of esters is 2. The van der Waals surface area contributed by atoms with E-state index in [1.165, 1.54) is 12.1 Å². The largest absolute Gasteiger partial charge is 0.463 e. The first kappa shape index (κ1) is 19.3. The number of amides is 1. The number of benzene rings is 1. The second-order valence-corrected chi connectivity index (χ2v) is 5.24. The number of ether oxygens (including phenoxy) is 2. The third-order valence-corrected chi connectivity index (χ3v) is 3.07. The van der Waals surface area contributed by atoms with E-state index in [-0.39, 0.29) is 22.3 Å². The lowest BCUT2D eigenvalue weighted by atomic mass is 10.3. The van der Waals surface area contributed by atoms with Gasteiger partial charge in [0, 0.05) is 17.2 Å². The van der Waals surface area contributed by atoms with Crippen molar-refractivity contribution in [1.82, 2.24) is 0 Å². The molecule has 0 heterocycles. The standard InChI is InChI=1S/C14H12Cl3NO5/c1-2-22-12(20)3-4-13(21)23-7-11(19)18-14-9(16)5-8(15)6-10(14)17/h3-6H,2,7H2,1H3,(H,18,19)/b4-3+. The summed E-state index contributed by atoms with van der Waals surface area (Å²) in [6.07, 6.45) is 1.75. The highest BCUT2D eigenvalue weighted by atomic mass is 35.5. The van der Waals surface area contributed by atoms with Gasteiger partial charge in [0.25, 0.3) is 5.91 Å². The first-order valence-corrected chi connectivity index (χ1v) is 7.42. The molecule has 0 aromatic heterocycles. The van der Waals surface area contributed by atoms with Gasteiger partial charge in [0.1, 0.15) is 0 Å². The van der Waals surface area contributed by atoms with Crippen LogP contribution >= 0.6 is 34.8 Å². The van der Waals surface area contributed by atoms with E-state index in [0.717, 1.165) is 12.2 Å². The topological polar surface area (TPSA) is 81.7 Å². The highest BCUT2D eigenvalue weighted by Crippen LogP contribution is 2.33. The Labute approximate surface area is 147 Å². The predicted octanol–water partition coefficient (Wildman–Crippen LogP) is 3.25. The smallest absolute Gasteiger partial charge is 0.331 e. The number of halogens is 3. The molecule has 1 rings (SSSR count). The van der Waals surface area contributed by atoms with Crippen LogP contribution in [0.25, 0.3) is 0 Å². The van der Waals surface area contributed by atoms with Crippen LogP contribution in [-0.2, 0) is 23.9 Å². The van der Waals surface area contributed by atoms with Crippen molar-refractivity contribution in [3.63, 3.8) is 0 Å². The molecule has 0 aliphatic rings. The Kier molecular flexibility index (Phi) is 7.88. The van der Waals surface area contributed by atoms with Gasteiger partial charge in [-0.15, -0.1) is 0 Å². The number of anilines is 1. The fourth-order valence-electron chi connectivity index (χ4n) is 1.35. The molecule has 0 aliphatic carbocycles. The molecule has 0 unspecified atom stereocenters. The van der Waals surface area contributed by atoms with Gasteiger partial charge in [-0.05, 0) is 19.1 Å². The van der Waals surface area contributed by atoms with Crippen LogP contribution in [0.4, 0.5) is 5.69 Å². The molecule has 1 amide bonds. The minimum atomic E-state index is -0.874. The molecule has 0 radical (unpaired) electrons. The lowest BCUT2D eigenvalue weighted by Gasteiger charge is -2.09. The van der Waals surface area contributed by atoms with Gasteiger partial charge in [0.05, 0.1) is 22.3 Å². The maximum atomic E-state index is 11.7. The Morgan fingerprint density at radius 2 is 1.57 bits per heavy atom. The second kappa shape index (κ2) is 9.39. The first-order chi connectivity index (χ1) is 10.8. The number of carbonyl (C=O) groups is 3. The molecule has 6 nitrogen and oxygen atoms in total. The molecular formula is C14H12Cl3NO5. The maximum absolute atomic E-state index is 11.7. The summed E-state index contributed by atoms with van der Waals surface area (Å²) < 4.78 is 9.23. The van der Waals surface area contributed by atoms with E-state index in [1.54, 1.807) is 6.92 Å². The fourth-order valence-corrected chi connectivity index (χ4v) is 2.26. The van der Waals surface area contributed by atoms with Crippen LogP contribution in [0.5, 0.6) is 0 Å². The van der Waals surface area contributed by atoms with Gasteiger partial charge in [-0.1, -0.05) is 34.8 Å². The molecule has 124 valence electrons. The summed E-state index contributed by atoms with van der Waals surface area (Å²) in [4.78, 5) is 34.0. The van der Waals surface area contributed by atoms with Gasteiger partial charge in [-0.2, -0.15) is 0 Å². The van der Waals surface area contributed by atoms with Gasteiger partial charge in [0.15, 0.2) is 6.61 Å². The molecule has 0 saturated carbocycles. The lowest BCUT2D eigenvalue weighted by Crippen LogP contribution is -2.20. The predicted molar refractivity (Wildman–Crippen MR) is 86.8 cm³/mol. The van der Waals surface area contributed by atoms with Gasteiger partial charge in [0.2, 0.25) is 0 Å². The van der Waals surface area contributed by atoms with Crippen molar-refractivity contribution >= 4 is 58.3 Å². The number of hydrogen-bond acceptors (Lipinski definition) is 5. The van der Waals surface area contributed by atoms with Crippen molar-refractivity contribution in [3.8, 4) is 0 Å². The van der Waals surface area contributed by atoms with Gasteiger partial charge in [-0.25, -0.2) is 9.59 Å². The Morgan fingerprint density at radius 1 is 1.04 bits per heavy atom. The molecule has 1 aromatic rings. The van der Waals surface area contributed by atoms with E-state index in [1.807, 2.05) is 0 Å². The molecule has 9 heteroatoms. The van der Waals surface area contributed by atoms with Gasteiger partial charge in [-0.3, -0.25) is 4.79 Å². The highest BCUT2D eigenvalue weighted by molar-refractivity contribution is 6.42. The zero-order valence-corrected chi connectivity index (χ0v) is 14.2. The van der Waals surface area contributed by atoms with Crippen molar-refractivity contribution in [2.24, 2.45) is 0 Å². The number of carbonyl (C=O) groups excluding carboxylic acids is 3. The molecule has 1 aromatic carbocycles. The van der Waals surface area contributed by atoms with Crippen molar-refractivity contribution in [1.29, 1.82) is 0 Å². The average Bonchev–Trinajstić information content (AvgIpc) is 2.47. The number of nitrogens with one attached hydrogen (secondary N) is 1. The normalized spacial score (nSPS) is 10.4. The molecule has 0 bridgehead atoms. The van der Waals surface area contributed by atoms with E-state index in [0.29, 0.717) is 5.02 Å². The molecule has 0 aliphatic heterocycles. The summed E-state index contributed by atoms with van der Waals surface area (Å²) >= 11 is 17.6. The van der Waals surface area contributed by atoms with E-state index in [2.05, 4.69) is 14.8 Å². The van der Waals surface area contributed by atoms with E-state index < -0.39 is 24.5 Å². The maximum Gasteiger partial charge on any atom is 0.331 e. The summed E-state index contributed by atoms with van der Waals surface area (Å²) in [7, 11) is 0. The first-order valence-electron chi connectivity index (χ1n) is 6.29. The Hall–Kier alpha value is -1.76. The zero-order chi connectivity index (χ0) is 17.4. The van der Waals surface area contributed by atoms with Gasteiger partial charge >= 0.3 is 11.9 Å². The molecule has 0 atom stereocenters. The van der Waals surface area contributed by atoms with Crippen LogP contribution in [0.2, 0.25) is 15.1 Å². The Morgan fingerprint density at radius 3 is 2.09 bits per heavy atom. The zero-order valence-electron chi connectivity index (χ0n) is 11.9. The average molecular weight is 381 g/mol. The molecule has 0 saturated heterocycles. The fraction of sp³-hybridized carbons (Fsp3) is 0.214. The molecular weight excluding hydrogens is 369 g/mol. The lowest BCUT2D eigenvalue weighted by molar-refractivity contribution is -0.143. The third kappa shape index (κ3) is 6.90. The summed E-state index contributed by atoms with van der Waals surface area (Å²) in [5.41, 5.74) is 0.154. The van der Waals surface area contributed by atoms with E-state index in [9.17, 15) is 14.4 Å². The van der Waals surface area contributed by atoms with Crippen LogP contribution < -0.4 is 5.32 Å². The van der Waals surface area contributed by atoms with Crippen LogP contribution in [0.1, 0.15) is 6.92 Å². The monoisotopic (exact) mass is 379 g/mol. The van der Waals surface area contributed by atoms with Crippen LogP contribution in [0.15, 0.2) is 24.3 Å². The van der Waals surface area contributed by atoms with Gasteiger partial charge < -0.3 is 14.8 Å². The second-order valence-electron chi connectivity index (χ2n) is 3.99. The van der Waals surface area contributed by atoms with E-state index in [4.69, 9.17) is 34.8 Å². The highest BCUT2D eigenvalue weighted by Gasteiger charge is 2.12. The SMILES string of the molecule is CCOC(=O)/C=C/C(=O)OCC(=O)Nc1c(Cl)cc(Cl)cc1Cl. The molecule has 23 heavy (non-hydrogen) atoms. The third-order valence-electron chi connectivity index (χ3n) is 2.26. The Bertz CT molecular complexity index is 622. The van der Waals surface area contributed by atoms with Crippen LogP contribution in [-0.4, -0.2) is 31.1 Å². The number of hydrogen-bond donors (Lipinski definition) is 1. The van der Waals surface area contributed by atoms with Crippen molar-refractivity contribution in [2.75, 3.05) is 18.5 Å². The van der Waals surface area contributed by atoms with Crippen LogP contribution in [0, 0.1) is 0 Å². The Balaban J connectivity index is 2.52. The quantitative estimate of drug-likeness (QED) is 0.605. The number of rotatable bonds is 6. The summed E-state index contributed by atoms with van der Waals surface area (Å²) in [5.74, 6) is -2.22. The van der Waals surface area contributed by atoms with E-state index >= 15 is 0 Å². The van der Waals surface area contributed by atoms with Crippen LogP contribution in [0.3, 0.4) is 0 Å². The summed E-state index contributed by atoms with van der Waals surface area (Å²) in [5, 5.41) is 2.99. The summed E-state index contributed by atoms with van der Waals surface area (Å²) in [6.45, 7) is 1.23. The van der Waals surface area contributed by atoms with Crippen molar-refractivity contribution < 1.29 is 23.9 Å². The summed E-state index contributed by atoms with van der Waals surface area (Å²) in [6, 6.07) is 2.80. The van der Waals surface area contributed by atoms with Crippen molar-refractivity contribution in [2.45, 2.75) is 6.92 Å². The molecule has 0 fully saturated rings. The molecule has 0 spiro atoms. The molecule has 1 N–H and O–H groups in total.